The number of rotatable bonds is 11. The largest absolute Gasteiger partial charge is 0.481 e. The van der Waals surface area contributed by atoms with Crippen LogP contribution in [-0.2, 0) is 25.5 Å². The molecule has 170 valence electrons. The van der Waals surface area contributed by atoms with Gasteiger partial charge in [-0.15, -0.1) is 0 Å². The number of carbonyl (C=O) groups is 3. The van der Waals surface area contributed by atoms with Gasteiger partial charge in [0.1, 0.15) is 0 Å². The van der Waals surface area contributed by atoms with Crippen LogP contribution >= 0.6 is 0 Å². The Balaban J connectivity index is 1.71. The second-order valence-corrected chi connectivity index (χ2v) is 8.68. The summed E-state index contributed by atoms with van der Waals surface area (Å²) in [7, 11) is 0. The average molecular weight is 438 g/mol. The lowest BCUT2D eigenvalue weighted by atomic mass is 9.86. The summed E-state index contributed by atoms with van der Waals surface area (Å²) >= 11 is 0. The fraction of sp³-hybridized carbons (Fsp3) is 0.423. The molecule has 0 bridgehead atoms. The van der Waals surface area contributed by atoms with Gasteiger partial charge in [0.2, 0.25) is 5.91 Å². The first-order chi connectivity index (χ1) is 15.3. The highest BCUT2D eigenvalue weighted by Crippen LogP contribution is 2.53. The van der Waals surface area contributed by atoms with Gasteiger partial charge in [-0.05, 0) is 48.3 Å². The Morgan fingerprint density at radius 3 is 2.34 bits per heavy atom. The molecule has 1 amide bonds. The Morgan fingerprint density at radius 1 is 1.06 bits per heavy atom. The minimum absolute atomic E-state index is 0.0406. The highest BCUT2D eigenvalue weighted by Gasteiger charge is 2.55. The monoisotopic (exact) mass is 437 g/mol. The summed E-state index contributed by atoms with van der Waals surface area (Å²) in [6.07, 6.45) is 1.87. The van der Waals surface area contributed by atoms with Crippen LogP contribution in [0, 0.1) is 11.3 Å². The van der Waals surface area contributed by atoms with Gasteiger partial charge in [0.25, 0.3) is 0 Å². The molecule has 2 aromatic rings. The number of carboxylic acids is 1. The molecule has 0 saturated heterocycles. The maximum atomic E-state index is 12.2. The Bertz CT molecular complexity index is 940. The Morgan fingerprint density at radius 2 is 1.72 bits per heavy atom. The first-order valence-corrected chi connectivity index (χ1v) is 11.1. The van der Waals surface area contributed by atoms with Gasteiger partial charge >= 0.3 is 11.9 Å². The molecule has 0 aromatic heterocycles. The van der Waals surface area contributed by atoms with Crippen LogP contribution in [0.15, 0.2) is 54.6 Å². The second-order valence-electron chi connectivity index (χ2n) is 8.68. The molecule has 1 saturated carbocycles. The summed E-state index contributed by atoms with van der Waals surface area (Å²) in [6, 6.07) is 18.5. The van der Waals surface area contributed by atoms with E-state index in [1.54, 1.807) is 6.92 Å². The summed E-state index contributed by atoms with van der Waals surface area (Å²) in [5, 5.41) is 11.8. The van der Waals surface area contributed by atoms with Crippen molar-refractivity contribution in [3.63, 3.8) is 0 Å². The van der Waals surface area contributed by atoms with Gasteiger partial charge < -0.3 is 15.2 Å². The molecule has 6 heteroatoms. The Hall–Kier alpha value is -3.15. The van der Waals surface area contributed by atoms with Crippen LogP contribution < -0.4 is 5.32 Å². The predicted molar refractivity (Wildman–Crippen MR) is 122 cm³/mol. The fourth-order valence-corrected chi connectivity index (χ4v) is 4.36. The number of carbonyl (C=O) groups excluding carboxylic acids is 2. The smallest absolute Gasteiger partial charge is 0.308 e. The van der Waals surface area contributed by atoms with Crippen molar-refractivity contribution in [1.82, 2.24) is 5.32 Å². The number of aliphatic carboxylic acids is 1. The number of amides is 1. The van der Waals surface area contributed by atoms with E-state index < -0.39 is 5.97 Å². The standard InChI is InChI=1S/C26H31NO5/c1-3-32-25(31)18(2)15-26(17-22(26)27-23(28)13-14-24(29)30)16-19-9-11-21(12-10-19)20-7-5-4-6-8-20/h4-12,18,22H,3,13-17H2,1-2H3,(H,27,28)(H,29,30)/t18-,22?,26+/m1/s1. The van der Waals surface area contributed by atoms with E-state index in [4.69, 9.17) is 9.84 Å². The molecule has 3 rings (SSSR count). The van der Waals surface area contributed by atoms with E-state index in [0.29, 0.717) is 13.0 Å². The van der Waals surface area contributed by atoms with Gasteiger partial charge in [-0.1, -0.05) is 61.5 Å². The molecule has 32 heavy (non-hydrogen) atoms. The van der Waals surface area contributed by atoms with Crippen LogP contribution in [0.3, 0.4) is 0 Å². The highest BCUT2D eigenvalue weighted by atomic mass is 16.5. The number of carboxylic acid groups (broad SMARTS) is 1. The molecule has 2 aromatic carbocycles. The van der Waals surface area contributed by atoms with Crippen molar-refractivity contribution in [2.24, 2.45) is 11.3 Å². The number of ether oxygens (including phenoxy) is 1. The van der Waals surface area contributed by atoms with Gasteiger partial charge in [0.05, 0.1) is 18.9 Å². The molecule has 2 N–H and O–H groups in total. The third-order valence-corrected chi connectivity index (χ3v) is 6.11. The molecule has 3 atom stereocenters. The number of hydrogen-bond acceptors (Lipinski definition) is 4. The number of esters is 1. The van der Waals surface area contributed by atoms with E-state index >= 15 is 0 Å². The quantitative estimate of drug-likeness (QED) is 0.514. The van der Waals surface area contributed by atoms with Crippen molar-refractivity contribution < 1.29 is 24.2 Å². The molecule has 1 fully saturated rings. The summed E-state index contributed by atoms with van der Waals surface area (Å²) in [4.78, 5) is 35.2. The Kier molecular flexibility index (Phi) is 7.67. The van der Waals surface area contributed by atoms with E-state index in [1.807, 2.05) is 25.1 Å². The number of nitrogens with one attached hydrogen (secondary N) is 1. The molecule has 6 nitrogen and oxygen atoms in total. The van der Waals surface area contributed by atoms with E-state index in [2.05, 4.69) is 41.7 Å². The summed E-state index contributed by atoms with van der Waals surface area (Å²) < 4.78 is 5.18. The molecule has 0 radical (unpaired) electrons. The summed E-state index contributed by atoms with van der Waals surface area (Å²) in [5.41, 5.74) is 3.19. The molecule has 1 aliphatic rings. The SMILES string of the molecule is CCOC(=O)[C@H](C)C[C@]1(Cc2ccc(-c3ccccc3)cc2)CC1NC(=O)CCC(=O)O. The van der Waals surface area contributed by atoms with Crippen molar-refractivity contribution in [1.29, 1.82) is 0 Å². The lowest BCUT2D eigenvalue weighted by molar-refractivity contribution is -0.148. The number of hydrogen-bond donors (Lipinski definition) is 2. The van der Waals surface area contributed by atoms with Crippen LogP contribution in [0.4, 0.5) is 0 Å². The molecule has 1 unspecified atom stereocenters. The fourth-order valence-electron chi connectivity index (χ4n) is 4.36. The van der Waals surface area contributed by atoms with Crippen molar-refractivity contribution >= 4 is 17.8 Å². The third kappa shape index (κ3) is 6.19. The predicted octanol–water partition coefficient (Wildman–Crippen LogP) is 4.23. The highest BCUT2D eigenvalue weighted by molar-refractivity contribution is 5.81. The van der Waals surface area contributed by atoms with Gasteiger partial charge in [-0.3, -0.25) is 14.4 Å². The first-order valence-electron chi connectivity index (χ1n) is 11.1. The minimum atomic E-state index is -0.989. The van der Waals surface area contributed by atoms with Gasteiger partial charge in [-0.25, -0.2) is 0 Å². The van der Waals surface area contributed by atoms with E-state index in [-0.39, 0.29) is 42.1 Å². The van der Waals surface area contributed by atoms with Crippen LogP contribution in [0.25, 0.3) is 11.1 Å². The summed E-state index contributed by atoms with van der Waals surface area (Å²) in [6.45, 7) is 3.99. The van der Waals surface area contributed by atoms with Crippen molar-refractivity contribution in [3.05, 3.63) is 60.2 Å². The topological polar surface area (TPSA) is 92.7 Å². The lowest BCUT2D eigenvalue weighted by Crippen LogP contribution is -2.32. The molecule has 0 heterocycles. The summed E-state index contributed by atoms with van der Waals surface area (Å²) in [5.74, 6) is -1.76. The zero-order valence-corrected chi connectivity index (χ0v) is 18.7. The normalized spacial score (nSPS) is 20.2. The van der Waals surface area contributed by atoms with Gasteiger partial charge in [-0.2, -0.15) is 0 Å². The maximum absolute atomic E-state index is 12.2. The maximum Gasteiger partial charge on any atom is 0.308 e. The lowest BCUT2D eigenvalue weighted by Gasteiger charge is -2.22. The van der Waals surface area contributed by atoms with E-state index in [1.165, 1.54) is 0 Å². The number of benzene rings is 2. The van der Waals surface area contributed by atoms with Crippen LogP contribution in [0.5, 0.6) is 0 Å². The van der Waals surface area contributed by atoms with Crippen molar-refractivity contribution in [3.8, 4) is 11.1 Å². The van der Waals surface area contributed by atoms with Crippen LogP contribution in [0.1, 0.15) is 45.1 Å². The van der Waals surface area contributed by atoms with Crippen molar-refractivity contribution in [2.45, 2.75) is 52.0 Å². The minimum Gasteiger partial charge on any atom is -0.481 e. The van der Waals surface area contributed by atoms with E-state index in [0.717, 1.165) is 29.5 Å². The Labute approximate surface area is 189 Å². The van der Waals surface area contributed by atoms with Gasteiger partial charge in [0.15, 0.2) is 0 Å². The zero-order chi connectivity index (χ0) is 23.1. The van der Waals surface area contributed by atoms with Crippen LogP contribution in [0.2, 0.25) is 0 Å². The van der Waals surface area contributed by atoms with E-state index in [9.17, 15) is 14.4 Å². The molecule has 0 spiro atoms. The third-order valence-electron chi connectivity index (χ3n) is 6.11. The molecular formula is C26H31NO5. The van der Waals surface area contributed by atoms with Crippen LogP contribution in [-0.4, -0.2) is 35.6 Å². The molecule has 0 aliphatic heterocycles. The average Bonchev–Trinajstić information content (AvgIpc) is 3.43. The molecule has 1 aliphatic carbocycles. The van der Waals surface area contributed by atoms with Gasteiger partial charge in [0, 0.05) is 12.5 Å². The zero-order valence-electron chi connectivity index (χ0n) is 18.7. The molecular weight excluding hydrogens is 406 g/mol. The first kappa shape index (κ1) is 23.5. The van der Waals surface area contributed by atoms with Crippen molar-refractivity contribution in [2.75, 3.05) is 6.61 Å². The second kappa shape index (κ2) is 10.4.